The number of aromatic nitrogens is 1. The van der Waals surface area contributed by atoms with Crippen LogP contribution in [0.25, 0.3) is 0 Å². The molecule has 1 unspecified atom stereocenters. The smallest absolute Gasteiger partial charge is 0.320 e. The first-order chi connectivity index (χ1) is 12.8. The largest absolute Gasteiger partial charge is 0.481 e. The maximum atomic E-state index is 13.3. The summed E-state index contributed by atoms with van der Waals surface area (Å²) in [6.45, 7) is 3.60. The van der Waals surface area contributed by atoms with E-state index in [1.807, 2.05) is 6.92 Å². The third kappa shape index (κ3) is 4.85. The molecule has 0 spiro atoms. The lowest BCUT2D eigenvalue weighted by molar-refractivity contribution is 0.249. The summed E-state index contributed by atoms with van der Waals surface area (Å²) in [5.74, 6) is -0.362. The van der Waals surface area contributed by atoms with Crippen LogP contribution in [0.2, 0.25) is 5.02 Å². The van der Waals surface area contributed by atoms with E-state index in [-0.39, 0.29) is 22.4 Å². The minimum atomic E-state index is -0.523. The molecule has 0 aliphatic rings. The lowest BCUT2D eigenvalue weighted by atomic mass is 10.1. The van der Waals surface area contributed by atoms with Gasteiger partial charge in [-0.1, -0.05) is 24.6 Å². The normalized spacial score (nSPS) is 11.6. The number of carbonyl (C=O) groups is 1. The molecular weight excluding hydrogens is 373 g/mol. The number of methoxy groups -OCH3 is 1. The van der Waals surface area contributed by atoms with Gasteiger partial charge in [0.15, 0.2) is 0 Å². The van der Waals surface area contributed by atoms with E-state index < -0.39 is 17.9 Å². The number of nitrogens with two attached hydrogens (primary N) is 1. The average Bonchev–Trinajstić information content (AvgIpc) is 2.62. The number of amides is 2. The first kappa shape index (κ1) is 20.4. The summed E-state index contributed by atoms with van der Waals surface area (Å²) in [7, 11) is 1.38. The van der Waals surface area contributed by atoms with Gasteiger partial charge < -0.3 is 15.8 Å². The number of hydrogen-bond acceptors (Lipinski definition) is 5. The van der Waals surface area contributed by atoms with Crippen LogP contribution in [0, 0.1) is 11.2 Å². The predicted octanol–water partition coefficient (Wildman–Crippen LogP) is 3.87. The van der Waals surface area contributed by atoms with Crippen molar-refractivity contribution in [2.75, 3.05) is 18.2 Å². The van der Waals surface area contributed by atoms with Crippen molar-refractivity contribution in [1.29, 1.82) is 5.41 Å². The van der Waals surface area contributed by atoms with Gasteiger partial charge in [0.2, 0.25) is 5.90 Å². The number of carbonyl (C=O) groups excluding carboxylic acids is 1. The standard InChI is InChI=1S/C18H21ClFN5O2/c1-4-14-16(17(22)27-3)13(21)8-15(24-14)25-18(26)23-9(2)10-5-6-12(20)11(19)7-10/h5-9,22H,4H2,1-3H3,(H4,21,23,24,25,26). The number of nitrogens with zero attached hydrogens (tertiary/aromatic N) is 1. The number of ether oxygens (including phenoxy) is 1. The highest BCUT2D eigenvalue weighted by atomic mass is 35.5. The van der Waals surface area contributed by atoms with Crippen molar-refractivity contribution in [3.05, 3.63) is 51.9 Å². The number of nitrogen functional groups attached to an aromatic ring is 1. The summed E-state index contributed by atoms with van der Waals surface area (Å²) in [4.78, 5) is 16.6. The molecule has 0 saturated carbocycles. The van der Waals surface area contributed by atoms with Crippen molar-refractivity contribution >= 4 is 35.0 Å². The van der Waals surface area contributed by atoms with Crippen LogP contribution >= 0.6 is 11.6 Å². The van der Waals surface area contributed by atoms with Crippen LogP contribution < -0.4 is 16.4 Å². The maximum absolute atomic E-state index is 13.3. The Kier molecular flexibility index (Phi) is 6.57. The molecular formula is C18H21ClFN5O2. The molecule has 2 aromatic rings. The molecule has 0 aliphatic carbocycles. The second kappa shape index (κ2) is 8.68. The van der Waals surface area contributed by atoms with Crippen LogP contribution in [0.1, 0.15) is 36.7 Å². The van der Waals surface area contributed by atoms with Crippen LogP contribution in [0.5, 0.6) is 0 Å². The quantitative estimate of drug-likeness (QED) is 0.456. The fraction of sp³-hybridized carbons (Fsp3) is 0.278. The van der Waals surface area contributed by atoms with Crippen LogP contribution in [0.15, 0.2) is 24.3 Å². The molecule has 0 radical (unpaired) electrons. The molecule has 1 aromatic heterocycles. The fourth-order valence-corrected chi connectivity index (χ4v) is 2.71. The van der Waals surface area contributed by atoms with Crippen molar-refractivity contribution < 1.29 is 13.9 Å². The van der Waals surface area contributed by atoms with Crippen LogP contribution in [-0.4, -0.2) is 24.0 Å². The molecule has 0 aliphatic heterocycles. The van der Waals surface area contributed by atoms with Crippen LogP contribution in [0.4, 0.5) is 20.7 Å². The number of halogens is 2. The molecule has 1 aromatic carbocycles. The van der Waals surface area contributed by atoms with Gasteiger partial charge in [-0.25, -0.2) is 14.2 Å². The SMILES string of the molecule is CCc1nc(NC(=O)NC(C)c2ccc(F)c(Cl)c2)cc(N)c1C(=N)OC. The molecule has 7 nitrogen and oxygen atoms in total. The summed E-state index contributed by atoms with van der Waals surface area (Å²) in [6, 6.07) is 4.79. The molecule has 27 heavy (non-hydrogen) atoms. The van der Waals surface area contributed by atoms with E-state index in [1.165, 1.54) is 25.3 Å². The molecule has 9 heteroatoms. The second-order valence-corrected chi connectivity index (χ2v) is 6.21. The Balaban J connectivity index is 2.14. The van der Waals surface area contributed by atoms with Gasteiger partial charge in [-0.15, -0.1) is 0 Å². The third-order valence-electron chi connectivity index (χ3n) is 3.92. The van der Waals surface area contributed by atoms with Crippen molar-refractivity contribution in [3.8, 4) is 0 Å². The van der Waals surface area contributed by atoms with Crippen LogP contribution in [-0.2, 0) is 11.2 Å². The number of benzene rings is 1. The maximum Gasteiger partial charge on any atom is 0.320 e. The Hall–Kier alpha value is -2.87. The first-order valence-electron chi connectivity index (χ1n) is 8.21. The molecule has 2 amide bonds. The monoisotopic (exact) mass is 393 g/mol. The molecule has 2 rings (SSSR count). The van der Waals surface area contributed by atoms with Crippen molar-refractivity contribution in [1.82, 2.24) is 10.3 Å². The molecule has 5 N–H and O–H groups in total. The predicted molar refractivity (Wildman–Crippen MR) is 104 cm³/mol. The lowest BCUT2D eigenvalue weighted by Crippen LogP contribution is -2.31. The van der Waals surface area contributed by atoms with E-state index in [0.29, 0.717) is 23.2 Å². The molecule has 0 bridgehead atoms. The van der Waals surface area contributed by atoms with Gasteiger partial charge in [0.05, 0.1) is 29.4 Å². The van der Waals surface area contributed by atoms with Gasteiger partial charge in [0.25, 0.3) is 0 Å². The molecule has 1 atom stereocenters. The van der Waals surface area contributed by atoms with E-state index in [2.05, 4.69) is 15.6 Å². The minimum absolute atomic E-state index is 0.0141. The number of urea groups is 1. The Labute approximate surface area is 161 Å². The van der Waals surface area contributed by atoms with Gasteiger partial charge in [-0.3, -0.25) is 10.7 Å². The highest BCUT2D eigenvalue weighted by Crippen LogP contribution is 2.23. The Morgan fingerprint density at radius 2 is 2.15 bits per heavy atom. The zero-order valence-corrected chi connectivity index (χ0v) is 15.9. The van der Waals surface area contributed by atoms with Gasteiger partial charge in [0, 0.05) is 11.8 Å². The van der Waals surface area contributed by atoms with Crippen molar-refractivity contribution in [2.45, 2.75) is 26.3 Å². The number of anilines is 2. The van der Waals surface area contributed by atoms with Gasteiger partial charge in [-0.2, -0.15) is 0 Å². The van der Waals surface area contributed by atoms with Crippen molar-refractivity contribution in [3.63, 3.8) is 0 Å². The minimum Gasteiger partial charge on any atom is -0.481 e. The third-order valence-corrected chi connectivity index (χ3v) is 4.21. The topological polar surface area (TPSA) is 113 Å². The van der Waals surface area contributed by atoms with Crippen molar-refractivity contribution in [2.24, 2.45) is 0 Å². The molecule has 1 heterocycles. The number of nitrogens with one attached hydrogen (secondary N) is 3. The Morgan fingerprint density at radius 1 is 1.44 bits per heavy atom. The van der Waals surface area contributed by atoms with Crippen LogP contribution in [0.3, 0.4) is 0 Å². The zero-order chi connectivity index (χ0) is 20.1. The fourth-order valence-electron chi connectivity index (χ4n) is 2.52. The van der Waals surface area contributed by atoms with E-state index in [1.54, 1.807) is 13.0 Å². The highest BCUT2D eigenvalue weighted by Gasteiger charge is 2.17. The summed E-state index contributed by atoms with van der Waals surface area (Å²) >= 11 is 5.77. The van der Waals surface area contributed by atoms with E-state index in [9.17, 15) is 9.18 Å². The number of hydrogen-bond donors (Lipinski definition) is 4. The van der Waals surface area contributed by atoms with Gasteiger partial charge >= 0.3 is 6.03 Å². The summed E-state index contributed by atoms with van der Waals surface area (Å²) in [5.41, 5.74) is 7.87. The summed E-state index contributed by atoms with van der Waals surface area (Å²) in [6.07, 6.45) is 0.507. The molecule has 0 fully saturated rings. The zero-order valence-electron chi connectivity index (χ0n) is 15.2. The molecule has 144 valence electrons. The summed E-state index contributed by atoms with van der Waals surface area (Å²) in [5, 5.41) is 13.1. The van der Waals surface area contributed by atoms with Gasteiger partial charge in [-0.05, 0) is 31.0 Å². The second-order valence-electron chi connectivity index (χ2n) is 5.80. The lowest BCUT2D eigenvalue weighted by Gasteiger charge is -2.17. The number of pyridine rings is 1. The van der Waals surface area contributed by atoms with E-state index in [0.717, 1.165) is 0 Å². The highest BCUT2D eigenvalue weighted by molar-refractivity contribution is 6.30. The van der Waals surface area contributed by atoms with E-state index >= 15 is 0 Å². The number of aryl methyl sites for hydroxylation is 1. The molecule has 0 saturated heterocycles. The van der Waals surface area contributed by atoms with E-state index in [4.69, 9.17) is 27.5 Å². The van der Waals surface area contributed by atoms with Gasteiger partial charge in [0.1, 0.15) is 11.6 Å². The summed E-state index contributed by atoms with van der Waals surface area (Å²) < 4.78 is 18.2. The Morgan fingerprint density at radius 3 is 2.74 bits per heavy atom. The first-order valence-corrected chi connectivity index (χ1v) is 8.59. The number of rotatable bonds is 5. The average molecular weight is 394 g/mol. The Bertz CT molecular complexity index is 875.